The predicted octanol–water partition coefficient (Wildman–Crippen LogP) is -2.70. The highest BCUT2D eigenvalue weighted by atomic mass is 16.4. The molecule has 63 heavy (non-hydrogen) atoms. The number of carboxylic acid groups (broad SMARTS) is 1. The second-order valence-electron chi connectivity index (χ2n) is 15.3. The van der Waals surface area contributed by atoms with Gasteiger partial charge in [-0.3, -0.25) is 38.8 Å². The third-order valence-corrected chi connectivity index (χ3v) is 9.32. The van der Waals surface area contributed by atoms with Gasteiger partial charge in [-0.05, 0) is 74.6 Å². The van der Waals surface area contributed by atoms with Gasteiger partial charge in [0.2, 0.25) is 35.4 Å². The Hall–Kier alpha value is -6.97. The van der Waals surface area contributed by atoms with Crippen molar-refractivity contribution in [3.63, 3.8) is 0 Å². The van der Waals surface area contributed by atoms with E-state index in [1.807, 2.05) is 13.8 Å². The molecule has 0 unspecified atom stereocenters. The Kier molecular flexibility index (Phi) is 22.4. The Morgan fingerprint density at radius 2 is 1.11 bits per heavy atom. The van der Waals surface area contributed by atoms with Crippen molar-refractivity contribution in [3.8, 4) is 5.75 Å². The summed E-state index contributed by atoms with van der Waals surface area (Å²) in [6.07, 6.45) is 0.634. The van der Waals surface area contributed by atoms with Crippen LogP contribution in [0.2, 0.25) is 0 Å². The number of nitrogens with zero attached hydrogens (tertiary/aromatic N) is 2. The number of hydrogen-bond acceptors (Lipinski definition) is 11. The average Bonchev–Trinajstić information content (AvgIpc) is 3.22. The summed E-state index contributed by atoms with van der Waals surface area (Å²) >= 11 is 0. The van der Waals surface area contributed by atoms with Crippen LogP contribution in [0.15, 0.2) is 64.6 Å². The minimum Gasteiger partial charge on any atom is -0.508 e. The number of benzene rings is 2. The van der Waals surface area contributed by atoms with E-state index >= 15 is 0 Å². The minimum absolute atomic E-state index is 0.00957. The maximum absolute atomic E-state index is 14.0. The van der Waals surface area contributed by atoms with Crippen LogP contribution in [0.5, 0.6) is 5.75 Å². The first-order chi connectivity index (χ1) is 29.7. The summed E-state index contributed by atoms with van der Waals surface area (Å²) < 4.78 is 0. The van der Waals surface area contributed by atoms with Crippen molar-refractivity contribution in [2.75, 3.05) is 19.6 Å². The highest BCUT2D eigenvalue weighted by molar-refractivity contribution is 5.96. The molecule has 22 nitrogen and oxygen atoms in total. The molecule has 22 heteroatoms. The molecule has 0 aliphatic rings. The van der Waals surface area contributed by atoms with Crippen molar-refractivity contribution in [2.24, 2.45) is 44.6 Å². The Balaban J connectivity index is 2.20. The van der Waals surface area contributed by atoms with Crippen LogP contribution in [0.4, 0.5) is 0 Å². The van der Waals surface area contributed by atoms with Crippen LogP contribution in [-0.2, 0) is 46.4 Å². The molecule has 0 fully saturated rings. The molecule has 2 aromatic carbocycles. The summed E-state index contributed by atoms with van der Waals surface area (Å²) in [6, 6.07) is 7.69. The fourth-order valence-corrected chi connectivity index (χ4v) is 6.04. The van der Waals surface area contributed by atoms with Crippen molar-refractivity contribution < 1.29 is 43.8 Å². The van der Waals surface area contributed by atoms with Crippen molar-refractivity contribution >= 4 is 53.3 Å². The fourth-order valence-electron chi connectivity index (χ4n) is 6.04. The smallest absolute Gasteiger partial charge is 0.326 e. The molecule has 0 aliphatic carbocycles. The monoisotopic (exact) mass is 881 g/mol. The van der Waals surface area contributed by atoms with E-state index in [0.717, 1.165) is 0 Å². The second-order valence-corrected chi connectivity index (χ2v) is 15.3. The number of carbonyl (C=O) groups is 7. The standard InChI is InChI=1S/C41H63N13O9/c1-23(2)19-31(37(60)52-29(11-7-17-47-40(43)44)36(59)53-30(39(62)63)12-8-18-48-41(45)46)54-38(61)32(21-25-9-5-4-6-10-25)51-33(56)22-49-34(57)24(3)50-35(58)28(42)20-26-13-15-27(55)16-14-26/h4-6,9-10,13-16,23-24,28-32,55H,7-8,11-12,17-22,42H2,1-3H3,(H,49,57)(H,50,58)(H,51,56)(H,52,60)(H,53,59)(H,54,61)(H,62,63)(H4,43,44,47)(H4,45,46,48)/t24-,28+,29+,30+,31+,32+/m1/s1. The molecule has 0 saturated heterocycles. The number of aliphatic carboxylic acids is 1. The number of carbonyl (C=O) groups excluding carboxylic acids is 6. The molecule has 346 valence electrons. The van der Waals surface area contributed by atoms with Crippen molar-refractivity contribution in [1.29, 1.82) is 0 Å². The summed E-state index contributed by atoms with van der Waals surface area (Å²) in [7, 11) is 0. The summed E-state index contributed by atoms with van der Waals surface area (Å²) in [5, 5.41) is 34.6. The first kappa shape index (κ1) is 52.2. The van der Waals surface area contributed by atoms with Crippen LogP contribution in [0.3, 0.4) is 0 Å². The molecule has 2 rings (SSSR count). The molecule has 0 aromatic heterocycles. The number of nitrogens with two attached hydrogens (primary N) is 5. The molecule has 18 N–H and O–H groups in total. The third kappa shape index (κ3) is 20.9. The quantitative estimate of drug-likeness (QED) is 0.0247. The van der Waals surface area contributed by atoms with E-state index in [2.05, 4.69) is 41.9 Å². The number of amides is 6. The zero-order chi connectivity index (χ0) is 47.1. The molecule has 0 saturated carbocycles. The number of carboxylic acids is 1. The van der Waals surface area contributed by atoms with Crippen LogP contribution < -0.4 is 60.6 Å². The number of rotatable bonds is 27. The Morgan fingerprint density at radius 3 is 1.67 bits per heavy atom. The molecule has 6 amide bonds. The highest BCUT2D eigenvalue weighted by Crippen LogP contribution is 2.12. The highest BCUT2D eigenvalue weighted by Gasteiger charge is 2.32. The molecular formula is C41H63N13O9. The number of aromatic hydroxyl groups is 1. The van der Waals surface area contributed by atoms with Crippen LogP contribution >= 0.6 is 0 Å². The molecule has 2 aromatic rings. The van der Waals surface area contributed by atoms with E-state index in [0.29, 0.717) is 11.1 Å². The number of phenols is 1. The minimum atomic E-state index is -1.34. The van der Waals surface area contributed by atoms with E-state index in [9.17, 15) is 43.8 Å². The van der Waals surface area contributed by atoms with Crippen LogP contribution in [-0.4, -0.2) is 119 Å². The van der Waals surface area contributed by atoms with Gasteiger partial charge in [0, 0.05) is 19.5 Å². The van der Waals surface area contributed by atoms with Crippen molar-refractivity contribution in [2.45, 2.75) is 102 Å². The summed E-state index contributed by atoms with van der Waals surface area (Å²) in [5.41, 5.74) is 28.9. The van der Waals surface area contributed by atoms with Crippen molar-refractivity contribution in [1.82, 2.24) is 31.9 Å². The largest absolute Gasteiger partial charge is 0.508 e. The van der Waals surface area contributed by atoms with Crippen molar-refractivity contribution in [3.05, 3.63) is 65.7 Å². The first-order valence-corrected chi connectivity index (χ1v) is 20.4. The van der Waals surface area contributed by atoms with Gasteiger partial charge in [0.1, 0.15) is 36.0 Å². The number of nitrogens with one attached hydrogen (secondary N) is 6. The fraction of sp³-hybridized carbons (Fsp3) is 0.488. The van der Waals surface area contributed by atoms with Gasteiger partial charge in [-0.1, -0.05) is 56.3 Å². The third-order valence-electron chi connectivity index (χ3n) is 9.32. The van der Waals surface area contributed by atoms with E-state index in [1.165, 1.54) is 19.1 Å². The van der Waals surface area contributed by atoms with E-state index in [4.69, 9.17) is 28.7 Å². The van der Waals surface area contributed by atoms with Gasteiger partial charge < -0.3 is 70.8 Å². The zero-order valence-electron chi connectivity index (χ0n) is 35.8. The molecular weight excluding hydrogens is 819 g/mol. The predicted molar refractivity (Wildman–Crippen MR) is 235 cm³/mol. The van der Waals surface area contributed by atoms with Crippen LogP contribution in [0.25, 0.3) is 0 Å². The molecule has 0 radical (unpaired) electrons. The summed E-state index contributed by atoms with van der Waals surface area (Å²) in [4.78, 5) is 100.0. The average molecular weight is 882 g/mol. The second kappa shape index (κ2) is 27.1. The Labute approximate surface area is 366 Å². The lowest BCUT2D eigenvalue weighted by Gasteiger charge is -2.27. The van der Waals surface area contributed by atoms with E-state index in [1.54, 1.807) is 42.5 Å². The summed E-state index contributed by atoms with van der Waals surface area (Å²) in [6.45, 7) is 4.67. The topological polar surface area (TPSA) is 387 Å². The SMILES string of the molecule is CC(C)C[C@H](NC(=O)[C@H](Cc1ccccc1)NC(=O)CNC(=O)[C@@H](C)NC(=O)[C@@H](N)Cc1ccc(O)cc1)C(=O)N[C@@H](CCCN=C(N)N)C(=O)N[C@@H](CCCN=C(N)N)C(=O)O. The van der Waals surface area contributed by atoms with E-state index < -0.39 is 84.2 Å². The van der Waals surface area contributed by atoms with Gasteiger partial charge >= 0.3 is 5.97 Å². The number of guanidine groups is 2. The number of phenolic OH excluding ortho intramolecular Hbond substituents is 1. The number of aliphatic imine (C=N–C) groups is 2. The number of hydrogen-bond donors (Lipinski definition) is 13. The molecule has 0 spiro atoms. The van der Waals surface area contributed by atoms with Gasteiger partial charge in [-0.15, -0.1) is 0 Å². The zero-order valence-corrected chi connectivity index (χ0v) is 35.8. The van der Waals surface area contributed by atoms with Gasteiger partial charge in [0.05, 0.1) is 12.6 Å². The maximum atomic E-state index is 14.0. The van der Waals surface area contributed by atoms with Gasteiger partial charge in [0.25, 0.3) is 0 Å². The molecule has 0 bridgehead atoms. The lowest BCUT2D eigenvalue weighted by atomic mass is 10.00. The first-order valence-electron chi connectivity index (χ1n) is 20.4. The normalized spacial score (nSPS) is 13.7. The van der Waals surface area contributed by atoms with Crippen LogP contribution in [0, 0.1) is 5.92 Å². The Bertz CT molecular complexity index is 1890. The maximum Gasteiger partial charge on any atom is 0.326 e. The Morgan fingerprint density at radius 1 is 0.603 bits per heavy atom. The van der Waals surface area contributed by atoms with Gasteiger partial charge in [0.15, 0.2) is 11.9 Å². The van der Waals surface area contributed by atoms with Crippen LogP contribution in [0.1, 0.15) is 64.0 Å². The van der Waals surface area contributed by atoms with Gasteiger partial charge in [-0.2, -0.15) is 0 Å². The van der Waals surface area contributed by atoms with E-state index in [-0.39, 0.29) is 81.6 Å². The molecule has 0 heterocycles. The van der Waals surface area contributed by atoms with Gasteiger partial charge in [-0.25, -0.2) is 4.79 Å². The lowest BCUT2D eigenvalue weighted by Crippen LogP contribution is -2.58. The lowest BCUT2D eigenvalue weighted by molar-refractivity contribution is -0.142. The molecule has 0 aliphatic heterocycles. The molecule has 6 atom stereocenters. The summed E-state index contributed by atoms with van der Waals surface area (Å²) in [5.74, 6) is -6.16.